The smallest absolute Gasteiger partial charge is 0.276 e. The first kappa shape index (κ1) is 19.0. The second-order valence-corrected chi connectivity index (χ2v) is 8.46. The minimum absolute atomic E-state index is 0.145. The van der Waals surface area contributed by atoms with Crippen molar-refractivity contribution in [1.29, 1.82) is 0 Å². The molecule has 146 valence electrons. The summed E-state index contributed by atoms with van der Waals surface area (Å²) in [6.45, 7) is 0. The Bertz CT molecular complexity index is 1240. The molecule has 0 atom stereocenters. The molecule has 3 aromatic carbocycles. The van der Waals surface area contributed by atoms with Crippen LogP contribution in [0.2, 0.25) is 5.02 Å². The molecular formula is C21H17ClN4O2S. The summed E-state index contributed by atoms with van der Waals surface area (Å²) in [5, 5.41) is 5.08. The minimum atomic E-state index is -3.82. The van der Waals surface area contributed by atoms with E-state index < -0.39 is 10.0 Å². The average molecular weight is 425 g/mol. The SMILES string of the molecule is Nc1ccc(-c2cc(-c3ccc(Cl)cc3)nn2NS(=O)(=O)c2ccccc2)cc1. The summed E-state index contributed by atoms with van der Waals surface area (Å²) in [5.41, 5.74) is 9.15. The molecule has 29 heavy (non-hydrogen) atoms. The van der Waals surface area contributed by atoms with Crippen molar-refractivity contribution >= 4 is 27.3 Å². The molecule has 0 amide bonds. The molecule has 0 aliphatic rings. The van der Waals surface area contributed by atoms with Gasteiger partial charge in [0.15, 0.2) is 0 Å². The number of benzene rings is 3. The van der Waals surface area contributed by atoms with Gasteiger partial charge in [0.25, 0.3) is 10.0 Å². The maximum absolute atomic E-state index is 12.8. The van der Waals surface area contributed by atoms with Crippen LogP contribution < -0.4 is 10.6 Å². The topological polar surface area (TPSA) is 90.0 Å². The van der Waals surface area contributed by atoms with Crippen LogP contribution in [0.15, 0.2) is 89.8 Å². The Kier molecular flexibility index (Phi) is 5.00. The van der Waals surface area contributed by atoms with Gasteiger partial charge in [-0.15, -0.1) is 0 Å². The monoisotopic (exact) mass is 424 g/mol. The predicted molar refractivity (Wildman–Crippen MR) is 116 cm³/mol. The quantitative estimate of drug-likeness (QED) is 0.465. The largest absolute Gasteiger partial charge is 0.399 e. The van der Waals surface area contributed by atoms with Crippen molar-refractivity contribution in [2.24, 2.45) is 0 Å². The van der Waals surface area contributed by atoms with E-state index in [9.17, 15) is 8.42 Å². The summed E-state index contributed by atoms with van der Waals surface area (Å²) in [6.07, 6.45) is 0. The van der Waals surface area contributed by atoms with Gasteiger partial charge in [-0.3, -0.25) is 0 Å². The van der Waals surface area contributed by atoms with E-state index in [0.29, 0.717) is 22.1 Å². The molecule has 0 radical (unpaired) electrons. The summed E-state index contributed by atoms with van der Waals surface area (Å²) < 4.78 is 25.6. The number of nitrogen functional groups attached to an aromatic ring is 1. The van der Waals surface area contributed by atoms with E-state index in [4.69, 9.17) is 17.3 Å². The maximum Gasteiger partial charge on any atom is 0.276 e. The molecule has 0 bridgehead atoms. The number of anilines is 1. The predicted octanol–water partition coefficient (Wildman–Crippen LogP) is 4.39. The number of nitrogens with one attached hydrogen (secondary N) is 1. The molecule has 0 saturated carbocycles. The highest BCUT2D eigenvalue weighted by Gasteiger charge is 2.18. The van der Waals surface area contributed by atoms with E-state index in [2.05, 4.69) is 9.93 Å². The number of sulfonamides is 1. The van der Waals surface area contributed by atoms with Gasteiger partial charge in [0.1, 0.15) is 0 Å². The van der Waals surface area contributed by atoms with Crippen molar-refractivity contribution < 1.29 is 8.42 Å². The number of nitrogens with two attached hydrogens (primary N) is 1. The van der Waals surface area contributed by atoms with Gasteiger partial charge in [0.05, 0.1) is 16.3 Å². The summed E-state index contributed by atoms with van der Waals surface area (Å²) in [4.78, 5) is 3.95. The molecule has 0 aliphatic carbocycles. The normalized spacial score (nSPS) is 11.3. The summed E-state index contributed by atoms with van der Waals surface area (Å²) in [5.74, 6) is 0. The first-order valence-electron chi connectivity index (χ1n) is 8.72. The Morgan fingerprint density at radius 3 is 2.14 bits per heavy atom. The number of aromatic nitrogens is 2. The number of rotatable bonds is 5. The van der Waals surface area contributed by atoms with Gasteiger partial charge < -0.3 is 5.73 Å². The van der Waals surface area contributed by atoms with Crippen LogP contribution in [0.1, 0.15) is 0 Å². The highest BCUT2D eigenvalue weighted by Crippen LogP contribution is 2.27. The minimum Gasteiger partial charge on any atom is -0.399 e. The third-order valence-electron chi connectivity index (χ3n) is 4.32. The van der Waals surface area contributed by atoms with Gasteiger partial charge in [-0.05, 0) is 42.5 Å². The zero-order valence-electron chi connectivity index (χ0n) is 15.2. The van der Waals surface area contributed by atoms with E-state index in [1.54, 1.807) is 42.5 Å². The second kappa shape index (κ2) is 7.62. The maximum atomic E-state index is 12.8. The molecule has 0 fully saturated rings. The average Bonchev–Trinajstić information content (AvgIpc) is 3.13. The number of halogens is 1. The van der Waals surface area contributed by atoms with E-state index >= 15 is 0 Å². The van der Waals surface area contributed by atoms with E-state index in [-0.39, 0.29) is 4.90 Å². The third-order valence-corrected chi connectivity index (χ3v) is 5.87. The first-order valence-corrected chi connectivity index (χ1v) is 10.6. The molecule has 0 saturated heterocycles. The van der Waals surface area contributed by atoms with Gasteiger partial charge in [-0.1, -0.05) is 54.1 Å². The second-order valence-electron chi connectivity index (χ2n) is 6.36. The Hall–Kier alpha value is -3.29. The number of hydrogen-bond acceptors (Lipinski definition) is 4. The van der Waals surface area contributed by atoms with Crippen molar-refractivity contribution in [3.05, 3.63) is 90.0 Å². The molecule has 1 aromatic heterocycles. The fourth-order valence-corrected chi connectivity index (χ4v) is 3.95. The van der Waals surface area contributed by atoms with Crippen molar-refractivity contribution in [2.45, 2.75) is 4.90 Å². The Morgan fingerprint density at radius 2 is 1.48 bits per heavy atom. The van der Waals surface area contributed by atoms with Crippen LogP contribution in [0.4, 0.5) is 5.69 Å². The highest BCUT2D eigenvalue weighted by atomic mass is 35.5. The molecule has 0 aliphatic heterocycles. The Balaban J connectivity index is 1.80. The Morgan fingerprint density at radius 1 is 0.862 bits per heavy atom. The van der Waals surface area contributed by atoms with Crippen LogP contribution in [0.5, 0.6) is 0 Å². The zero-order valence-corrected chi connectivity index (χ0v) is 16.7. The fourth-order valence-electron chi connectivity index (χ4n) is 2.84. The van der Waals surface area contributed by atoms with Crippen LogP contribution in [0.25, 0.3) is 22.5 Å². The van der Waals surface area contributed by atoms with Gasteiger partial charge >= 0.3 is 0 Å². The molecule has 8 heteroatoms. The van der Waals surface area contributed by atoms with Gasteiger partial charge in [-0.25, -0.2) is 0 Å². The van der Waals surface area contributed by atoms with E-state index in [0.717, 1.165) is 11.1 Å². The molecule has 0 unspecified atom stereocenters. The molecular weight excluding hydrogens is 408 g/mol. The first-order chi connectivity index (χ1) is 13.9. The number of hydrogen-bond donors (Lipinski definition) is 2. The van der Waals surface area contributed by atoms with Crippen molar-refractivity contribution in [1.82, 2.24) is 9.89 Å². The van der Waals surface area contributed by atoms with E-state index in [1.165, 1.54) is 16.9 Å². The Labute approximate surface area is 173 Å². The zero-order chi connectivity index (χ0) is 20.4. The lowest BCUT2D eigenvalue weighted by Crippen LogP contribution is -2.25. The van der Waals surface area contributed by atoms with Crippen LogP contribution in [0.3, 0.4) is 0 Å². The van der Waals surface area contributed by atoms with Crippen LogP contribution in [-0.2, 0) is 10.0 Å². The van der Waals surface area contributed by atoms with Gasteiger partial charge in [0, 0.05) is 21.8 Å². The van der Waals surface area contributed by atoms with Crippen molar-refractivity contribution in [3.8, 4) is 22.5 Å². The summed E-state index contributed by atoms with van der Waals surface area (Å²) >= 11 is 5.97. The van der Waals surface area contributed by atoms with Crippen LogP contribution in [-0.4, -0.2) is 18.3 Å². The van der Waals surface area contributed by atoms with Gasteiger partial charge in [-0.2, -0.15) is 23.1 Å². The molecule has 6 nitrogen and oxygen atoms in total. The van der Waals surface area contributed by atoms with Crippen molar-refractivity contribution in [3.63, 3.8) is 0 Å². The third kappa shape index (κ3) is 4.11. The molecule has 4 aromatic rings. The summed E-state index contributed by atoms with van der Waals surface area (Å²) in [6, 6.07) is 24.2. The lowest BCUT2D eigenvalue weighted by Gasteiger charge is -2.11. The summed E-state index contributed by atoms with van der Waals surface area (Å²) in [7, 11) is -3.82. The molecule has 1 heterocycles. The standard InChI is InChI=1S/C21H17ClN4O2S/c22-17-10-6-15(7-11-17)20-14-21(16-8-12-18(23)13-9-16)26(24-20)25-29(27,28)19-4-2-1-3-5-19/h1-14,25H,23H2. The highest BCUT2D eigenvalue weighted by molar-refractivity contribution is 7.92. The molecule has 4 rings (SSSR count). The van der Waals surface area contributed by atoms with E-state index in [1.807, 2.05) is 30.3 Å². The number of nitrogens with zero attached hydrogens (tertiary/aromatic N) is 2. The molecule has 3 N–H and O–H groups in total. The molecule has 0 spiro atoms. The van der Waals surface area contributed by atoms with Crippen LogP contribution >= 0.6 is 11.6 Å². The van der Waals surface area contributed by atoms with Crippen LogP contribution in [0, 0.1) is 0 Å². The fraction of sp³-hybridized carbons (Fsp3) is 0. The lowest BCUT2D eigenvalue weighted by atomic mass is 10.1. The van der Waals surface area contributed by atoms with Gasteiger partial charge in [0.2, 0.25) is 0 Å². The lowest BCUT2D eigenvalue weighted by molar-refractivity contribution is 0.592. The van der Waals surface area contributed by atoms with Crippen molar-refractivity contribution in [2.75, 3.05) is 10.6 Å².